The molecule has 1 rings (SSSR count). The molecule has 0 saturated carbocycles. The first-order valence-corrected chi connectivity index (χ1v) is 7.45. The highest BCUT2D eigenvalue weighted by atomic mass is 79.9. The summed E-state index contributed by atoms with van der Waals surface area (Å²) in [7, 11) is 0. The topological polar surface area (TPSA) is 24.9 Å². The molecule has 0 radical (unpaired) electrons. The molecule has 16 heavy (non-hydrogen) atoms. The van der Waals surface area contributed by atoms with Gasteiger partial charge < -0.3 is 5.32 Å². The molecule has 1 unspecified atom stereocenters. The Kier molecular flexibility index (Phi) is 7.08. The zero-order valence-corrected chi connectivity index (χ0v) is 12.3. The number of nitrogens with one attached hydrogen (secondary N) is 1. The fraction of sp³-hybridized carbons (Fsp3) is 0.583. The summed E-state index contributed by atoms with van der Waals surface area (Å²) in [6, 6.07) is 4.09. The maximum Gasteiger partial charge on any atom is 0.0960 e. The van der Waals surface area contributed by atoms with E-state index in [1.165, 1.54) is 6.42 Å². The molecule has 0 aromatic carbocycles. The average molecular weight is 303 g/mol. The van der Waals surface area contributed by atoms with Crippen molar-refractivity contribution in [2.24, 2.45) is 5.92 Å². The zero-order valence-electron chi connectivity index (χ0n) is 9.87. The average Bonchev–Trinajstić information content (AvgIpc) is 2.29. The van der Waals surface area contributed by atoms with Crippen molar-refractivity contribution in [1.82, 2.24) is 10.3 Å². The molecule has 0 bridgehead atoms. The van der Waals surface area contributed by atoms with Crippen molar-refractivity contribution in [3.63, 3.8) is 0 Å². The van der Waals surface area contributed by atoms with Gasteiger partial charge in [0, 0.05) is 16.4 Å². The van der Waals surface area contributed by atoms with Gasteiger partial charge in [-0.05, 0) is 53.5 Å². The molecule has 2 nitrogen and oxygen atoms in total. The minimum atomic E-state index is 0.682. The number of hydrogen-bond donors (Lipinski definition) is 1. The smallest absolute Gasteiger partial charge is 0.0960 e. The van der Waals surface area contributed by atoms with E-state index in [1.807, 2.05) is 24.0 Å². The standard InChI is InChI=1S/C12H19BrN2S/c1-3-6-14-7-10(2)9-16-12-5-4-11(13)8-15-12/h4-5,8,10,14H,3,6-7,9H2,1-2H3. The van der Waals surface area contributed by atoms with Crippen molar-refractivity contribution in [2.75, 3.05) is 18.8 Å². The molecular weight excluding hydrogens is 284 g/mol. The van der Waals surface area contributed by atoms with Crippen molar-refractivity contribution >= 4 is 27.7 Å². The third-order valence-corrected chi connectivity index (χ3v) is 3.88. The van der Waals surface area contributed by atoms with Crippen molar-refractivity contribution in [2.45, 2.75) is 25.3 Å². The zero-order chi connectivity index (χ0) is 11.8. The quantitative estimate of drug-likeness (QED) is 0.616. The molecule has 1 N–H and O–H groups in total. The fourth-order valence-electron chi connectivity index (χ4n) is 1.26. The predicted molar refractivity (Wildman–Crippen MR) is 75.0 cm³/mol. The van der Waals surface area contributed by atoms with Crippen LogP contribution >= 0.6 is 27.7 Å². The highest BCUT2D eigenvalue weighted by Crippen LogP contribution is 2.19. The Morgan fingerprint density at radius 2 is 2.31 bits per heavy atom. The van der Waals surface area contributed by atoms with Gasteiger partial charge in [-0.15, -0.1) is 11.8 Å². The third kappa shape index (κ3) is 5.87. The van der Waals surface area contributed by atoms with Crippen molar-refractivity contribution in [3.05, 3.63) is 22.8 Å². The van der Waals surface area contributed by atoms with Gasteiger partial charge >= 0.3 is 0 Å². The molecule has 4 heteroatoms. The summed E-state index contributed by atoms with van der Waals surface area (Å²) in [6.45, 7) is 6.68. The van der Waals surface area contributed by atoms with Crippen LogP contribution in [0.25, 0.3) is 0 Å². The van der Waals surface area contributed by atoms with Gasteiger partial charge in [0.2, 0.25) is 0 Å². The van der Waals surface area contributed by atoms with E-state index in [4.69, 9.17) is 0 Å². The van der Waals surface area contributed by atoms with Crippen LogP contribution in [0.2, 0.25) is 0 Å². The highest BCUT2D eigenvalue weighted by molar-refractivity contribution is 9.10. The van der Waals surface area contributed by atoms with Gasteiger partial charge in [-0.25, -0.2) is 4.98 Å². The lowest BCUT2D eigenvalue weighted by Crippen LogP contribution is -2.23. The largest absolute Gasteiger partial charge is 0.316 e. The van der Waals surface area contributed by atoms with E-state index in [9.17, 15) is 0 Å². The van der Waals surface area contributed by atoms with Crippen LogP contribution in [0.1, 0.15) is 20.3 Å². The Morgan fingerprint density at radius 1 is 1.50 bits per heavy atom. The van der Waals surface area contributed by atoms with E-state index in [1.54, 1.807) is 0 Å². The molecule has 1 aromatic rings. The molecular formula is C12H19BrN2S. The summed E-state index contributed by atoms with van der Waals surface area (Å²) in [6.07, 6.45) is 3.05. The first-order chi connectivity index (χ1) is 7.72. The molecule has 90 valence electrons. The second kappa shape index (κ2) is 8.09. The van der Waals surface area contributed by atoms with Gasteiger partial charge in [-0.1, -0.05) is 13.8 Å². The predicted octanol–water partition coefficient (Wildman–Crippen LogP) is 3.57. The normalized spacial score (nSPS) is 12.7. The van der Waals surface area contributed by atoms with Crippen molar-refractivity contribution < 1.29 is 0 Å². The van der Waals surface area contributed by atoms with Gasteiger partial charge in [0.1, 0.15) is 0 Å². The van der Waals surface area contributed by atoms with Gasteiger partial charge in [-0.3, -0.25) is 0 Å². The minimum Gasteiger partial charge on any atom is -0.316 e. The minimum absolute atomic E-state index is 0.682. The first-order valence-electron chi connectivity index (χ1n) is 5.67. The number of rotatable bonds is 7. The number of pyridine rings is 1. The highest BCUT2D eigenvalue weighted by Gasteiger charge is 2.03. The Morgan fingerprint density at radius 3 is 2.94 bits per heavy atom. The van der Waals surface area contributed by atoms with Gasteiger partial charge in [0.05, 0.1) is 5.03 Å². The lowest BCUT2D eigenvalue weighted by atomic mass is 10.2. The van der Waals surface area contributed by atoms with Crippen molar-refractivity contribution in [1.29, 1.82) is 0 Å². The Balaban J connectivity index is 2.20. The molecule has 0 spiro atoms. The molecule has 0 aliphatic carbocycles. The van der Waals surface area contributed by atoms with Gasteiger partial charge in [-0.2, -0.15) is 0 Å². The van der Waals surface area contributed by atoms with Crippen LogP contribution in [0.3, 0.4) is 0 Å². The maximum absolute atomic E-state index is 4.34. The molecule has 0 aliphatic rings. The van der Waals surface area contributed by atoms with E-state index in [0.717, 1.165) is 28.3 Å². The lowest BCUT2D eigenvalue weighted by molar-refractivity contribution is 0.557. The fourth-order valence-corrected chi connectivity index (χ4v) is 2.36. The molecule has 0 fully saturated rings. The first kappa shape index (κ1) is 14.0. The van der Waals surface area contributed by atoms with Gasteiger partial charge in [0.15, 0.2) is 0 Å². The summed E-state index contributed by atoms with van der Waals surface area (Å²) < 4.78 is 1.04. The van der Waals surface area contributed by atoms with Crippen LogP contribution in [0, 0.1) is 5.92 Å². The second-order valence-corrected chi connectivity index (χ2v) is 5.89. The second-order valence-electron chi connectivity index (χ2n) is 3.93. The molecule has 0 aliphatic heterocycles. The van der Waals surface area contributed by atoms with E-state index in [-0.39, 0.29) is 0 Å². The maximum atomic E-state index is 4.34. The number of halogens is 1. The van der Waals surface area contributed by atoms with E-state index in [0.29, 0.717) is 5.92 Å². The van der Waals surface area contributed by atoms with Crippen LogP contribution in [-0.2, 0) is 0 Å². The summed E-state index contributed by atoms with van der Waals surface area (Å²) in [5.74, 6) is 1.80. The van der Waals surface area contributed by atoms with E-state index in [2.05, 4.69) is 46.1 Å². The van der Waals surface area contributed by atoms with Crippen LogP contribution in [0.15, 0.2) is 27.8 Å². The Bertz CT molecular complexity index is 290. The van der Waals surface area contributed by atoms with Crippen LogP contribution in [-0.4, -0.2) is 23.8 Å². The number of nitrogens with zero attached hydrogens (tertiary/aromatic N) is 1. The number of aromatic nitrogens is 1. The third-order valence-electron chi connectivity index (χ3n) is 2.14. The summed E-state index contributed by atoms with van der Waals surface area (Å²) in [4.78, 5) is 4.34. The summed E-state index contributed by atoms with van der Waals surface area (Å²) in [5, 5.41) is 4.54. The van der Waals surface area contributed by atoms with E-state index < -0.39 is 0 Å². The van der Waals surface area contributed by atoms with E-state index >= 15 is 0 Å². The van der Waals surface area contributed by atoms with Crippen molar-refractivity contribution in [3.8, 4) is 0 Å². The number of hydrogen-bond acceptors (Lipinski definition) is 3. The molecule has 1 heterocycles. The molecule has 1 atom stereocenters. The lowest BCUT2D eigenvalue weighted by Gasteiger charge is -2.11. The molecule has 1 aromatic heterocycles. The van der Waals surface area contributed by atoms with Crippen LogP contribution in [0.5, 0.6) is 0 Å². The summed E-state index contributed by atoms with van der Waals surface area (Å²) >= 11 is 5.21. The van der Waals surface area contributed by atoms with Crippen LogP contribution < -0.4 is 5.32 Å². The van der Waals surface area contributed by atoms with Gasteiger partial charge in [0.25, 0.3) is 0 Å². The Labute approximate surface area is 111 Å². The monoisotopic (exact) mass is 302 g/mol. The summed E-state index contributed by atoms with van der Waals surface area (Å²) in [5.41, 5.74) is 0. The number of thioether (sulfide) groups is 1. The Hall–Kier alpha value is -0.0600. The SMILES string of the molecule is CCCNCC(C)CSc1ccc(Br)cn1. The molecule has 0 saturated heterocycles. The van der Waals surface area contributed by atoms with Crippen LogP contribution in [0.4, 0.5) is 0 Å². The molecule has 0 amide bonds.